The third-order valence-corrected chi connectivity index (χ3v) is 7.15. The SMILES string of the molecule is COc1ccc(/C=C/C(=O)N2C[C@@H]3CN(S(=O)(=O)c4cccc(F)c4)C[C@H](C2)O3)cc1. The molecule has 2 aliphatic rings. The number of halogens is 1. The van der Waals surface area contributed by atoms with Crippen LogP contribution in [0.4, 0.5) is 4.39 Å². The predicted octanol–water partition coefficient (Wildman–Crippen LogP) is 2.15. The Balaban J connectivity index is 1.41. The Kier molecular flexibility index (Phi) is 6.08. The maximum Gasteiger partial charge on any atom is 0.246 e. The first-order chi connectivity index (χ1) is 14.8. The fraction of sp³-hybridized carbons (Fsp3) is 0.318. The van der Waals surface area contributed by atoms with E-state index in [4.69, 9.17) is 9.47 Å². The highest BCUT2D eigenvalue weighted by atomic mass is 32.2. The molecule has 0 aromatic heterocycles. The molecule has 7 nitrogen and oxygen atoms in total. The Morgan fingerprint density at radius 3 is 2.39 bits per heavy atom. The van der Waals surface area contributed by atoms with Crippen molar-refractivity contribution in [2.75, 3.05) is 33.3 Å². The van der Waals surface area contributed by atoms with Gasteiger partial charge in [-0.25, -0.2) is 12.8 Å². The molecule has 2 bridgehead atoms. The van der Waals surface area contributed by atoms with Gasteiger partial charge < -0.3 is 14.4 Å². The van der Waals surface area contributed by atoms with Crippen molar-refractivity contribution in [1.82, 2.24) is 9.21 Å². The summed E-state index contributed by atoms with van der Waals surface area (Å²) in [6.45, 7) is 0.803. The second-order valence-electron chi connectivity index (χ2n) is 7.51. The van der Waals surface area contributed by atoms with Crippen LogP contribution in [0.25, 0.3) is 6.08 Å². The molecule has 0 spiro atoms. The van der Waals surface area contributed by atoms with E-state index in [1.807, 2.05) is 24.3 Å². The van der Waals surface area contributed by atoms with Crippen LogP contribution in [0, 0.1) is 5.82 Å². The van der Waals surface area contributed by atoms with Gasteiger partial charge in [0, 0.05) is 32.3 Å². The molecule has 2 aromatic rings. The minimum Gasteiger partial charge on any atom is -0.497 e. The van der Waals surface area contributed by atoms with Crippen LogP contribution < -0.4 is 4.74 Å². The highest BCUT2D eigenvalue weighted by Gasteiger charge is 2.40. The summed E-state index contributed by atoms with van der Waals surface area (Å²) in [7, 11) is -2.24. The molecule has 2 aromatic carbocycles. The van der Waals surface area contributed by atoms with E-state index < -0.39 is 28.0 Å². The number of sulfonamides is 1. The third-order valence-electron chi connectivity index (χ3n) is 5.33. The normalized spacial score (nSPS) is 21.9. The van der Waals surface area contributed by atoms with Crippen molar-refractivity contribution in [1.29, 1.82) is 0 Å². The summed E-state index contributed by atoms with van der Waals surface area (Å²) >= 11 is 0. The molecule has 0 aliphatic carbocycles. The molecule has 0 saturated carbocycles. The van der Waals surface area contributed by atoms with Gasteiger partial charge in [0.25, 0.3) is 0 Å². The molecule has 164 valence electrons. The molecule has 2 atom stereocenters. The zero-order chi connectivity index (χ0) is 22.0. The van der Waals surface area contributed by atoms with Crippen LogP contribution in [0.3, 0.4) is 0 Å². The summed E-state index contributed by atoms with van der Waals surface area (Å²) in [5, 5.41) is 0. The standard InChI is InChI=1S/C22H23FN2O5S/c1-29-18-8-5-16(6-9-18)7-10-22(26)24-12-19-14-25(15-20(13-24)30-19)31(27,28)21-4-2-3-17(23)11-21/h2-11,19-20H,12-15H2,1H3/b10-7+/t19-,20+. The fourth-order valence-electron chi connectivity index (χ4n) is 3.80. The van der Waals surface area contributed by atoms with Crippen molar-refractivity contribution >= 4 is 22.0 Å². The third kappa shape index (κ3) is 4.79. The van der Waals surface area contributed by atoms with Gasteiger partial charge in [0.05, 0.1) is 24.2 Å². The molecule has 0 unspecified atom stereocenters. The van der Waals surface area contributed by atoms with Gasteiger partial charge in [0.15, 0.2) is 0 Å². The molecule has 2 aliphatic heterocycles. The van der Waals surface area contributed by atoms with Gasteiger partial charge in [-0.15, -0.1) is 0 Å². The molecule has 31 heavy (non-hydrogen) atoms. The number of carbonyl (C=O) groups is 1. The van der Waals surface area contributed by atoms with E-state index in [-0.39, 0.29) is 37.0 Å². The van der Waals surface area contributed by atoms with E-state index in [9.17, 15) is 17.6 Å². The second-order valence-corrected chi connectivity index (χ2v) is 9.45. The summed E-state index contributed by atoms with van der Waals surface area (Å²) in [5.74, 6) is -0.0206. The summed E-state index contributed by atoms with van der Waals surface area (Å²) in [6.07, 6.45) is 2.36. The quantitative estimate of drug-likeness (QED) is 0.658. The van der Waals surface area contributed by atoms with Crippen molar-refractivity contribution in [3.8, 4) is 5.75 Å². The van der Waals surface area contributed by atoms with E-state index in [2.05, 4.69) is 0 Å². The Labute approximate surface area is 180 Å². The van der Waals surface area contributed by atoms with Gasteiger partial charge in [0.1, 0.15) is 11.6 Å². The van der Waals surface area contributed by atoms with Crippen molar-refractivity contribution in [2.45, 2.75) is 17.1 Å². The molecule has 0 N–H and O–H groups in total. The van der Waals surface area contributed by atoms with Crippen molar-refractivity contribution in [2.24, 2.45) is 0 Å². The summed E-state index contributed by atoms with van der Waals surface area (Å²) in [5.41, 5.74) is 0.870. The van der Waals surface area contributed by atoms with Gasteiger partial charge in [-0.05, 0) is 42.0 Å². The van der Waals surface area contributed by atoms with Crippen molar-refractivity contribution in [3.63, 3.8) is 0 Å². The number of hydrogen-bond acceptors (Lipinski definition) is 5. The highest BCUT2D eigenvalue weighted by molar-refractivity contribution is 7.89. The monoisotopic (exact) mass is 446 g/mol. The number of nitrogens with zero attached hydrogens (tertiary/aromatic N) is 2. The van der Waals surface area contributed by atoms with Crippen LogP contribution >= 0.6 is 0 Å². The Bertz CT molecular complexity index is 1070. The number of morpholine rings is 2. The Morgan fingerprint density at radius 2 is 1.77 bits per heavy atom. The molecule has 2 fully saturated rings. The minimum absolute atomic E-state index is 0.0807. The Morgan fingerprint density at radius 1 is 1.10 bits per heavy atom. The number of hydrogen-bond donors (Lipinski definition) is 0. The van der Waals surface area contributed by atoms with Crippen molar-refractivity contribution < 1.29 is 27.1 Å². The lowest BCUT2D eigenvalue weighted by molar-refractivity contribution is -0.150. The lowest BCUT2D eigenvalue weighted by atomic mass is 10.1. The van der Waals surface area contributed by atoms with Gasteiger partial charge in [-0.3, -0.25) is 4.79 Å². The molecular formula is C22H23FN2O5S. The number of fused-ring (bicyclic) bond motifs is 2. The average Bonchev–Trinajstić information content (AvgIpc) is 2.77. The van der Waals surface area contributed by atoms with Crippen LogP contribution in [-0.4, -0.2) is 69.0 Å². The van der Waals surface area contributed by atoms with E-state index in [1.165, 1.54) is 28.6 Å². The lowest BCUT2D eigenvalue weighted by Crippen LogP contribution is -2.61. The largest absolute Gasteiger partial charge is 0.497 e. The van der Waals surface area contributed by atoms with E-state index in [0.29, 0.717) is 0 Å². The molecular weight excluding hydrogens is 423 g/mol. The zero-order valence-electron chi connectivity index (χ0n) is 17.0. The number of ether oxygens (including phenoxy) is 2. The van der Waals surface area contributed by atoms with E-state index in [1.54, 1.807) is 18.1 Å². The van der Waals surface area contributed by atoms with Gasteiger partial charge >= 0.3 is 0 Å². The Hall–Kier alpha value is -2.75. The number of amides is 1. The highest BCUT2D eigenvalue weighted by Crippen LogP contribution is 2.25. The molecule has 2 heterocycles. The lowest BCUT2D eigenvalue weighted by Gasteiger charge is -2.44. The minimum atomic E-state index is -3.83. The molecule has 4 rings (SSSR count). The van der Waals surface area contributed by atoms with E-state index in [0.717, 1.165) is 17.4 Å². The van der Waals surface area contributed by atoms with Crippen LogP contribution in [0.1, 0.15) is 5.56 Å². The van der Waals surface area contributed by atoms with Crippen LogP contribution in [0.2, 0.25) is 0 Å². The number of methoxy groups -OCH3 is 1. The first-order valence-electron chi connectivity index (χ1n) is 9.87. The summed E-state index contributed by atoms with van der Waals surface area (Å²) in [4.78, 5) is 14.2. The maximum atomic E-state index is 13.5. The van der Waals surface area contributed by atoms with Crippen molar-refractivity contribution in [3.05, 3.63) is 66.0 Å². The van der Waals surface area contributed by atoms with Gasteiger partial charge in [-0.1, -0.05) is 18.2 Å². The first-order valence-corrected chi connectivity index (χ1v) is 11.3. The maximum absolute atomic E-state index is 13.5. The topological polar surface area (TPSA) is 76.2 Å². The van der Waals surface area contributed by atoms with Crippen LogP contribution in [-0.2, 0) is 19.6 Å². The molecule has 2 saturated heterocycles. The number of benzene rings is 2. The summed E-state index contributed by atoms with van der Waals surface area (Å²) in [6, 6.07) is 12.3. The summed E-state index contributed by atoms with van der Waals surface area (Å²) < 4.78 is 51.6. The molecule has 0 radical (unpaired) electrons. The second kappa shape index (κ2) is 8.78. The molecule has 1 amide bonds. The first kappa shape index (κ1) is 21.5. The zero-order valence-corrected chi connectivity index (χ0v) is 17.8. The number of carbonyl (C=O) groups excluding carboxylic acids is 1. The van der Waals surface area contributed by atoms with E-state index >= 15 is 0 Å². The average molecular weight is 447 g/mol. The number of rotatable bonds is 5. The van der Waals surface area contributed by atoms with Gasteiger partial charge in [-0.2, -0.15) is 4.31 Å². The fourth-order valence-corrected chi connectivity index (χ4v) is 5.33. The van der Waals surface area contributed by atoms with Crippen LogP contribution in [0.5, 0.6) is 5.75 Å². The predicted molar refractivity (Wildman–Crippen MR) is 112 cm³/mol. The smallest absolute Gasteiger partial charge is 0.246 e. The molecule has 9 heteroatoms. The van der Waals surface area contributed by atoms with Crippen LogP contribution in [0.15, 0.2) is 59.5 Å². The van der Waals surface area contributed by atoms with Gasteiger partial charge in [0.2, 0.25) is 15.9 Å².